The highest BCUT2D eigenvalue weighted by Crippen LogP contribution is 2.30. The van der Waals surface area contributed by atoms with Crippen LogP contribution in [0.1, 0.15) is 43.1 Å². The summed E-state index contributed by atoms with van der Waals surface area (Å²) in [6.07, 6.45) is -0.231. The molecule has 2 aromatic rings. The molecule has 1 atom stereocenters. The van der Waals surface area contributed by atoms with Gasteiger partial charge in [0.25, 0.3) is 15.9 Å². The number of amides is 3. The van der Waals surface area contributed by atoms with Gasteiger partial charge < -0.3 is 10.2 Å². The second-order valence-corrected chi connectivity index (χ2v) is 9.81. The van der Waals surface area contributed by atoms with Crippen LogP contribution in [0.3, 0.4) is 0 Å². The third kappa shape index (κ3) is 4.83. The molecule has 32 heavy (non-hydrogen) atoms. The van der Waals surface area contributed by atoms with Crippen molar-refractivity contribution in [2.24, 2.45) is 0 Å². The zero-order chi connectivity index (χ0) is 23.5. The Hall–Kier alpha value is -3.20. The van der Waals surface area contributed by atoms with Crippen LogP contribution >= 0.6 is 0 Å². The minimum absolute atomic E-state index is 0.0525. The Kier molecular flexibility index (Phi) is 6.98. The first kappa shape index (κ1) is 23.5. The van der Waals surface area contributed by atoms with E-state index in [0.29, 0.717) is 0 Å². The molecule has 0 aliphatic carbocycles. The van der Waals surface area contributed by atoms with Crippen molar-refractivity contribution >= 4 is 27.7 Å². The maximum atomic E-state index is 13.1. The van der Waals surface area contributed by atoms with Crippen molar-refractivity contribution in [2.75, 3.05) is 6.54 Å². The maximum Gasteiger partial charge on any atom is 0.269 e. The van der Waals surface area contributed by atoms with E-state index in [2.05, 4.69) is 5.32 Å². The summed E-state index contributed by atoms with van der Waals surface area (Å²) in [6, 6.07) is 14.3. The van der Waals surface area contributed by atoms with Crippen LogP contribution in [0.15, 0.2) is 59.5 Å². The van der Waals surface area contributed by atoms with Crippen LogP contribution in [0.4, 0.5) is 0 Å². The minimum atomic E-state index is -3.99. The Morgan fingerprint density at radius 2 is 1.62 bits per heavy atom. The van der Waals surface area contributed by atoms with Crippen LogP contribution in [0.5, 0.6) is 0 Å². The number of carbonyl (C=O) groups is 3. The van der Waals surface area contributed by atoms with Crippen molar-refractivity contribution in [1.82, 2.24) is 14.5 Å². The lowest BCUT2D eigenvalue weighted by molar-refractivity contribution is -0.140. The van der Waals surface area contributed by atoms with E-state index in [1.807, 2.05) is 44.2 Å². The monoisotopic (exact) mass is 457 g/mol. The summed E-state index contributed by atoms with van der Waals surface area (Å²) >= 11 is 0. The standard InChI is InChI=1S/C23H27N3O5S/c1-16(2)24-22(28)17(3)25(15-18-9-5-4-6-10-18)21(27)13-14-26-23(29)19-11-7-8-12-20(19)32(26,30)31/h4-12,16-17H,13-15H2,1-3H3,(H,24,28)/t17-/m0/s1. The SMILES string of the molecule is CC(C)NC(=O)[C@H](C)N(Cc1ccccc1)C(=O)CCN1C(=O)c2ccccc2S1(=O)=O. The van der Waals surface area contributed by atoms with Crippen LogP contribution in [-0.4, -0.2) is 54.0 Å². The average Bonchev–Trinajstić information content (AvgIpc) is 2.95. The number of hydrogen-bond acceptors (Lipinski definition) is 5. The zero-order valence-corrected chi connectivity index (χ0v) is 19.1. The number of hydrogen-bond donors (Lipinski definition) is 1. The molecule has 170 valence electrons. The molecule has 1 aliphatic rings. The van der Waals surface area contributed by atoms with Crippen molar-refractivity contribution in [2.45, 2.75) is 50.7 Å². The molecule has 3 amide bonds. The number of sulfonamides is 1. The lowest BCUT2D eigenvalue weighted by Gasteiger charge is -2.30. The molecule has 1 N–H and O–H groups in total. The first-order chi connectivity index (χ1) is 15.1. The lowest BCUT2D eigenvalue weighted by atomic mass is 10.1. The van der Waals surface area contributed by atoms with Crippen LogP contribution in [0.2, 0.25) is 0 Å². The lowest BCUT2D eigenvalue weighted by Crippen LogP contribution is -2.49. The van der Waals surface area contributed by atoms with Gasteiger partial charge in [-0.25, -0.2) is 12.7 Å². The number of fused-ring (bicyclic) bond motifs is 1. The second kappa shape index (κ2) is 9.52. The van der Waals surface area contributed by atoms with Gasteiger partial charge in [0.2, 0.25) is 11.8 Å². The molecule has 8 nitrogen and oxygen atoms in total. The average molecular weight is 458 g/mol. The fourth-order valence-electron chi connectivity index (χ4n) is 3.56. The van der Waals surface area contributed by atoms with E-state index in [-0.39, 0.29) is 41.9 Å². The fourth-order valence-corrected chi connectivity index (χ4v) is 5.13. The summed E-state index contributed by atoms with van der Waals surface area (Å²) in [7, 11) is -3.99. The molecular formula is C23H27N3O5S. The molecule has 0 unspecified atom stereocenters. The number of carbonyl (C=O) groups excluding carboxylic acids is 3. The Morgan fingerprint density at radius 3 is 2.25 bits per heavy atom. The van der Waals surface area contributed by atoms with E-state index in [9.17, 15) is 22.8 Å². The summed E-state index contributed by atoms with van der Waals surface area (Å²) in [6.45, 7) is 5.18. The summed E-state index contributed by atoms with van der Waals surface area (Å²) in [4.78, 5) is 39.7. The van der Waals surface area contributed by atoms with Crippen LogP contribution in [0.25, 0.3) is 0 Å². The third-order valence-corrected chi connectivity index (χ3v) is 7.08. The largest absolute Gasteiger partial charge is 0.352 e. The molecule has 1 aliphatic heterocycles. The quantitative estimate of drug-likeness (QED) is 0.654. The first-order valence-corrected chi connectivity index (χ1v) is 11.9. The van der Waals surface area contributed by atoms with Crippen molar-refractivity contribution < 1.29 is 22.8 Å². The Balaban J connectivity index is 1.78. The highest BCUT2D eigenvalue weighted by Gasteiger charge is 2.41. The normalized spacial score (nSPS) is 15.4. The third-order valence-electron chi connectivity index (χ3n) is 5.23. The van der Waals surface area contributed by atoms with Crippen molar-refractivity contribution in [3.05, 3.63) is 65.7 Å². The van der Waals surface area contributed by atoms with Gasteiger partial charge in [-0.05, 0) is 38.5 Å². The molecular weight excluding hydrogens is 430 g/mol. The number of nitrogens with zero attached hydrogens (tertiary/aromatic N) is 2. The second-order valence-electron chi connectivity index (χ2n) is 7.97. The molecule has 2 aromatic carbocycles. The van der Waals surface area contributed by atoms with Crippen LogP contribution < -0.4 is 5.32 Å². The highest BCUT2D eigenvalue weighted by atomic mass is 32.2. The molecule has 9 heteroatoms. The predicted octanol–water partition coefficient (Wildman–Crippen LogP) is 2.16. The summed E-state index contributed by atoms with van der Waals surface area (Å²) in [5, 5.41) is 2.80. The van der Waals surface area contributed by atoms with Gasteiger partial charge in [0.05, 0.1) is 5.56 Å². The fraction of sp³-hybridized carbons (Fsp3) is 0.348. The number of benzene rings is 2. The van der Waals surface area contributed by atoms with Gasteiger partial charge >= 0.3 is 0 Å². The Labute approximate surface area is 188 Å². The van der Waals surface area contributed by atoms with Gasteiger partial charge in [-0.1, -0.05) is 42.5 Å². The number of rotatable bonds is 8. The molecule has 1 heterocycles. The molecule has 0 radical (unpaired) electrons. The van der Waals surface area contributed by atoms with Gasteiger partial charge in [-0.3, -0.25) is 14.4 Å². The molecule has 0 saturated carbocycles. The molecule has 3 rings (SSSR count). The summed E-state index contributed by atoms with van der Waals surface area (Å²) in [5.41, 5.74) is 0.938. The molecule has 0 saturated heterocycles. The smallest absolute Gasteiger partial charge is 0.269 e. The van der Waals surface area contributed by atoms with Crippen molar-refractivity contribution in [1.29, 1.82) is 0 Å². The van der Waals surface area contributed by atoms with Crippen molar-refractivity contribution in [3.63, 3.8) is 0 Å². The van der Waals surface area contributed by atoms with Gasteiger partial charge in [0, 0.05) is 25.6 Å². The van der Waals surface area contributed by atoms with E-state index >= 15 is 0 Å². The molecule has 0 spiro atoms. The molecule has 0 fully saturated rings. The highest BCUT2D eigenvalue weighted by molar-refractivity contribution is 7.90. The zero-order valence-electron chi connectivity index (χ0n) is 18.3. The molecule has 0 bridgehead atoms. The van der Waals surface area contributed by atoms with E-state index in [0.717, 1.165) is 9.87 Å². The van der Waals surface area contributed by atoms with Crippen molar-refractivity contribution in [3.8, 4) is 0 Å². The van der Waals surface area contributed by atoms with Gasteiger partial charge in [0.15, 0.2) is 0 Å². The maximum absolute atomic E-state index is 13.1. The first-order valence-electron chi connectivity index (χ1n) is 10.4. The van der Waals surface area contributed by atoms with E-state index < -0.39 is 27.9 Å². The van der Waals surface area contributed by atoms with E-state index in [4.69, 9.17) is 0 Å². The van der Waals surface area contributed by atoms with Gasteiger partial charge in [0.1, 0.15) is 10.9 Å². The van der Waals surface area contributed by atoms with E-state index in [1.54, 1.807) is 19.1 Å². The number of nitrogens with one attached hydrogen (secondary N) is 1. The van der Waals surface area contributed by atoms with Gasteiger partial charge in [-0.2, -0.15) is 0 Å². The summed E-state index contributed by atoms with van der Waals surface area (Å²) < 4.78 is 26.2. The minimum Gasteiger partial charge on any atom is -0.352 e. The van der Waals surface area contributed by atoms with E-state index in [1.165, 1.54) is 17.0 Å². The van der Waals surface area contributed by atoms with Gasteiger partial charge in [-0.15, -0.1) is 0 Å². The predicted molar refractivity (Wildman–Crippen MR) is 119 cm³/mol. The summed E-state index contributed by atoms with van der Waals surface area (Å²) in [5.74, 6) is -1.37. The van der Waals surface area contributed by atoms with Crippen LogP contribution in [0, 0.1) is 0 Å². The Bertz CT molecular complexity index is 1120. The van der Waals surface area contributed by atoms with Crippen LogP contribution in [-0.2, 0) is 26.2 Å². The molecule has 0 aromatic heterocycles. The topological polar surface area (TPSA) is 104 Å². The Morgan fingerprint density at radius 1 is 1.00 bits per heavy atom.